The van der Waals surface area contributed by atoms with E-state index in [1.165, 1.54) is 6.26 Å². The Morgan fingerprint density at radius 1 is 1.83 bits per heavy atom. The van der Waals surface area contributed by atoms with Gasteiger partial charge in [0.25, 0.3) is 0 Å². The predicted molar refractivity (Wildman–Crippen MR) is 41.9 cm³/mol. The average molecular weight is 169 g/mol. The van der Waals surface area contributed by atoms with E-state index >= 15 is 0 Å². The van der Waals surface area contributed by atoms with Crippen molar-refractivity contribution in [1.82, 2.24) is 4.98 Å². The molecule has 0 fully saturated rings. The molecule has 1 N–H and O–H groups in total. The first-order valence-corrected chi connectivity index (χ1v) is 3.80. The van der Waals surface area contributed by atoms with E-state index in [1.54, 1.807) is 6.92 Å². The zero-order valence-corrected chi connectivity index (χ0v) is 7.07. The third kappa shape index (κ3) is 1.64. The maximum Gasteiger partial charge on any atom is 0.312 e. The first-order valence-electron chi connectivity index (χ1n) is 3.80. The van der Waals surface area contributed by atoms with Crippen molar-refractivity contribution in [2.24, 2.45) is 0 Å². The van der Waals surface area contributed by atoms with Gasteiger partial charge in [0.15, 0.2) is 5.89 Å². The highest BCUT2D eigenvalue weighted by Gasteiger charge is 2.20. The van der Waals surface area contributed by atoms with Crippen LogP contribution >= 0.6 is 0 Å². The van der Waals surface area contributed by atoms with E-state index in [0.717, 1.165) is 0 Å². The number of carboxylic acids is 1. The highest BCUT2D eigenvalue weighted by molar-refractivity contribution is 5.75. The summed E-state index contributed by atoms with van der Waals surface area (Å²) in [5, 5.41) is 8.75. The van der Waals surface area contributed by atoms with Gasteiger partial charge < -0.3 is 9.52 Å². The Morgan fingerprint density at radius 2 is 2.50 bits per heavy atom. The van der Waals surface area contributed by atoms with Crippen LogP contribution in [0.2, 0.25) is 0 Å². The first kappa shape index (κ1) is 8.77. The van der Waals surface area contributed by atoms with Crippen molar-refractivity contribution in [3.8, 4) is 0 Å². The second-order valence-corrected chi connectivity index (χ2v) is 2.59. The van der Waals surface area contributed by atoms with Crippen LogP contribution in [0.3, 0.4) is 0 Å². The number of carboxylic acid groups (broad SMARTS) is 1. The summed E-state index contributed by atoms with van der Waals surface area (Å²) in [4.78, 5) is 14.6. The third-order valence-corrected chi connectivity index (χ3v) is 1.70. The number of aliphatic carboxylic acids is 1. The lowest BCUT2D eigenvalue weighted by Gasteiger charge is -2.03. The van der Waals surface area contributed by atoms with Crippen molar-refractivity contribution in [3.63, 3.8) is 0 Å². The lowest BCUT2D eigenvalue weighted by molar-refractivity contribution is -0.138. The molecule has 0 aliphatic heterocycles. The van der Waals surface area contributed by atoms with Gasteiger partial charge in [-0.05, 0) is 6.42 Å². The number of aromatic nitrogens is 1. The maximum absolute atomic E-state index is 10.7. The minimum Gasteiger partial charge on any atom is -0.481 e. The van der Waals surface area contributed by atoms with Gasteiger partial charge in [0.2, 0.25) is 0 Å². The van der Waals surface area contributed by atoms with Crippen molar-refractivity contribution >= 4 is 5.97 Å². The zero-order valence-electron chi connectivity index (χ0n) is 7.07. The minimum atomic E-state index is -0.856. The van der Waals surface area contributed by atoms with E-state index in [1.807, 2.05) is 6.92 Å². The highest BCUT2D eigenvalue weighted by atomic mass is 16.4. The molecule has 0 aromatic carbocycles. The Hall–Kier alpha value is -1.32. The predicted octanol–water partition coefficient (Wildman–Crippen LogP) is 1.56. The summed E-state index contributed by atoms with van der Waals surface area (Å²) in [6, 6.07) is 0. The topological polar surface area (TPSA) is 63.3 Å². The Bertz CT molecular complexity index is 280. The van der Waals surface area contributed by atoms with Crippen LogP contribution in [0.15, 0.2) is 10.7 Å². The molecular formula is C8H11NO3. The number of aryl methyl sites for hydroxylation is 1. The molecule has 0 saturated heterocycles. The smallest absolute Gasteiger partial charge is 0.312 e. The number of nitrogens with zero attached hydrogens (tertiary/aromatic N) is 1. The van der Waals surface area contributed by atoms with Gasteiger partial charge in [-0.1, -0.05) is 6.92 Å². The lowest BCUT2D eigenvalue weighted by atomic mass is 10.0. The Morgan fingerprint density at radius 3 is 2.83 bits per heavy atom. The van der Waals surface area contributed by atoms with E-state index in [0.29, 0.717) is 18.0 Å². The molecule has 0 aliphatic rings. The Kier molecular flexibility index (Phi) is 2.47. The van der Waals surface area contributed by atoms with Crippen molar-refractivity contribution < 1.29 is 14.3 Å². The van der Waals surface area contributed by atoms with Crippen molar-refractivity contribution in [3.05, 3.63) is 17.8 Å². The van der Waals surface area contributed by atoms with Gasteiger partial charge in [0.1, 0.15) is 12.2 Å². The van der Waals surface area contributed by atoms with E-state index in [9.17, 15) is 4.79 Å². The SMILES string of the molecule is CCC(C(=O)O)c1coc(C)n1. The van der Waals surface area contributed by atoms with Crippen LogP contribution in [0.5, 0.6) is 0 Å². The number of hydrogen-bond donors (Lipinski definition) is 1. The molecule has 4 nitrogen and oxygen atoms in total. The molecule has 1 aromatic rings. The number of oxazole rings is 1. The standard InChI is InChI=1S/C8H11NO3/c1-3-6(8(10)11)7-4-12-5(2)9-7/h4,6H,3H2,1-2H3,(H,10,11). The molecule has 12 heavy (non-hydrogen) atoms. The van der Waals surface area contributed by atoms with Gasteiger partial charge in [-0.2, -0.15) is 0 Å². The molecule has 4 heteroatoms. The van der Waals surface area contributed by atoms with Crippen molar-refractivity contribution in [2.75, 3.05) is 0 Å². The van der Waals surface area contributed by atoms with Crippen LogP contribution in [0, 0.1) is 6.92 Å². The molecular weight excluding hydrogens is 158 g/mol. The fourth-order valence-electron chi connectivity index (χ4n) is 1.05. The van der Waals surface area contributed by atoms with Crippen LogP contribution in [0.4, 0.5) is 0 Å². The summed E-state index contributed by atoms with van der Waals surface area (Å²) in [5.74, 6) is -0.891. The molecule has 0 aliphatic carbocycles. The maximum atomic E-state index is 10.7. The molecule has 1 rings (SSSR count). The molecule has 0 spiro atoms. The monoisotopic (exact) mass is 169 g/mol. The van der Waals surface area contributed by atoms with Crippen LogP contribution in [-0.2, 0) is 4.79 Å². The van der Waals surface area contributed by atoms with Crippen LogP contribution in [0.25, 0.3) is 0 Å². The van der Waals surface area contributed by atoms with Gasteiger partial charge in [-0.3, -0.25) is 4.79 Å². The Balaban J connectivity index is 2.87. The van der Waals surface area contributed by atoms with Crippen LogP contribution in [-0.4, -0.2) is 16.1 Å². The van der Waals surface area contributed by atoms with Crippen LogP contribution < -0.4 is 0 Å². The molecule has 0 saturated carbocycles. The summed E-state index contributed by atoms with van der Waals surface area (Å²) in [6.07, 6.45) is 1.93. The van der Waals surface area contributed by atoms with Crippen molar-refractivity contribution in [2.45, 2.75) is 26.2 Å². The van der Waals surface area contributed by atoms with Gasteiger partial charge in [-0.15, -0.1) is 0 Å². The van der Waals surface area contributed by atoms with E-state index in [4.69, 9.17) is 9.52 Å². The fraction of sp³-hybridized carbons (Fsp3) is 0.500. The van der Waals surface area contributed by atoms with Gasteiger partial charge in [-0.25, -0.2) is 4.98 Å². The Labute approximate surface area is 70.2 Å². The normalized spacial score (nSPS) is 12.8. The van der Waals surface area contributed by atoms with E-state index in [-0.39, 0.29) is 0 Å². The molecule has 0 bridgehead atoms. The second-order valence-electron chi connectivity index (χ2n) is 2.59. The summed E-state index contributed by atoms with van der Waals surface area (Å²) < 4.78 is 4.92. The average Bonchev–Trinajstić information content (AvgIpc) is 2.37. The molecule has 1 aromatic heterocycles. The summed E-state index contributed by atoms with van der Waals surface area (Å²) >= 11 is 0. The summed E-state index contributed by atoms with van der Waals surface area (Å²) in [7, 11) is 0. The molecule has 66 valence electrons. The fourth-order valence-corrected chi connectivity index (χ4v) is 1.05. The molecule has 1 heterocycles. The van der Waals surface area contributed by atoms with E-state index in [2.05, 4.69) is 4.98 Å². The minimum absolute atomic E-state index is 0.502. The quantitative estimate of drug-likeness (QED) is 0.745. The lowest BCUT2D eigenvalue weighted by Crippen LogP contribution is -2.10. The van der Waals surface area contributed by atoms with Gasteiger partial charge in [0.05, 0.1) is 5.69 Å². The molecule has 1 unspecified atom stereocenters. The number of rotatable bonds is 3. The third-order valence-electron chi connectivity index (χ3n) is 1.70. The zero-order chi connectivity index (χ0) is 9.14. The first-order chi connectivity index (χ1) is 5.65. The van der Waals surface area contributed by atoms with Gasteiger partial charge in [0, 0.05) is 6.92 Å². The van der Waals surface area contributed by atoms with Crippen molar-refractivity contribution in [1.29, 1.82) is 0 Å². The molecule has 0 radical (unpaired) electrons. The van der Waals surface area contributed by atoms with Gasteiger partial charge >= 0.3 is 5.97 Å². The summed E-state index contributed by atoms with van der Waals surface area (Å²) in [5.41, 5.74) is 0.502. The number of carbonyl (C=O) groups is 1. The summed E-state index contributed by atoms with van der Waals surface area (Å²) in [6.45, 7) is 3.50. The molecule has 0 amide bonds. The molecule has 1 atom stereocenters. The highest BCUT2D eigenvalue weighted by Crippen LogP contribution is 2.18. The van der Waals surface area contributed by atoms with Crippen LogP contribution in [0.1, 0.15) is 30.8 Å². The second kappa shape index (κ2) is 3.38. The number of hydrogen-bond acceptors (Lipinski definition) is 3. The van der Waals surface area contributed by atoms with E-state index < -0.39 is 11.9 Å². The largest absolute Gasteiger partial charge is 0.481 e.